The highest BCUT2D eigenvalue weighted by Gasteiger charge is 1.95. The third kappa shape index (κ3) is 1.19. The van der Waals surface area contributed by atoms with E-state index >= 15 is 0 Å². The maximum absolute atomic E-state index is 10.5. The molecular formula is C5H7N2O2. The van der Waals surface area contributed by atoms with E-state index < -0.39 is 5.76 Å². The standard InChI is InChI=1S/C5H7N2O2/c1-2-3-7-4-6-9-5(7)8/h2-3H2,1H3. The number of hydrogen-bond donors (Lipinski definition) is 0. The average molecular weight is 127 g/mol. The Morgan fingerprint density at radius 1 is 1.89 bits per heavy atom. The fourth-order valence-electron chi connectivity index (χ4n) is 0.564. The Morgan fingerprint density at radius 3 is 3.11 bits per heavy atom. The van der Waals surface area contributed by atoms with Gasteiger partial charge in [-0.2, -0.15) is 0 Å². The van der Waals surface area contributed by atoms with Crippen molar-refractivity contribution in [1.29, 1.82) is 0 Å². The maximum atomic E-state index is 10.5. The first-order valence-electron chi connectivity index (χ1n) is 2.78. The Balaban J connectivity index is 2.81. The molecule has 4 nitrogen and oxygen atoms in total. The first kappa shape index (κ1) is 6.07. The molecule has 0 amide bonds. The molecule has 1 radical (unpaired) electrons. The molecule has 0 aliphatic rings. The molecule has 0 aliphatic heterocycles. The van der Waals surface area contributed by atoms with Crippen molar-refractivity contribution >= 4 is 0 Å². The molecule has 0 saturated carbocycles. The van der Waals surface area contributed by atoms with E-state index in [0.717, 1.165) is 6.42 Å². The highest BCUT2D eigenvalue weighted by atomic mass is 16.5. The van der Waals surface area contributed by atoms with E-state index in [1.807, 2.05) is 6.92 Å². The minimum atomic E-state index is -0.433. The van der Waals surface area contributed by atoms with Crippen LogP contribution in [-0.2, 0) is 6.54 Å². The summed E-state index contributed by atoms with van der Waals surface area (Å²) in [6.07, 6.45) is 3.28. The van der Waals surface area contributed by atoms with Gasteiger partial charge < -0.3 is 0 Å². The molecule has 0 unspecified atom stereocenters. The Kier molecular flexibility index (Phi) is 1.67. The van der Waals surface area contributed by atoms with Crippen molar-refractivity contribution in [3.63, 3.8) is 0 Å². The van der Waals surface area contributed by atoms with Gasteiger partial charge in [0, 0.05) is 6.54 Å². The summed E-state index contributed by atoms with van der Waals surface area (Å²) in [6.45, 7) is 2.59. The monoisotopic (exact) mass is 127 g/mol. The van der Waals surface area contributed by atoms with Gasteiger partial charge in [0.05, 0.1) is 0 Å². The zero-order chi connectivity index (χ0) is 6.69. The van der Waals surface area contributed by atoms with Gasteiger partial charge in [0.2, 0.25) is 6.33 Å². The predicted molar refractivity (Wildman–Crippen MR) is 29.9 cm³/mol. The van der Waals surface area contributed by atoms with E-state index in [9.17, 15) is 4.79 Å². The number of rotatable bonds is 2. The van der Waals surface area contributed by atoms with Crippen LogP contribution in [0.5, 0.6) is 0 Å². The van der Waals surface area contributed by atoms with E-state index in [1.165, 1.54) is 4.57 Å². The zero-order valence-corrected chi connectivity index (χ0v) is 5.13. The van der Waals surface area contributed by atoms with E-state index in [-0.39, 0.29) is 0 Å². The molecule has 1 aromatic heterocycles. The van der Waals surface area contributed by atoms with Crippen molar-refractivity contribution in [2.45, 2.75) is 19.9 Å². The molecule has 49 valence electrons. The lowest BCUT2D eigenvalue weighted by atomic mass is 10.5. The third-order valence-electron chi connectivity index (χ3n) is 0.953. The van der Waals surface area contributed by atoms with Gasteiger partial charge >= 0.3 is 5.76 Å². The second kappa shape index (κ2) is 2.48. The van der Waals surface area contributed by atoms with E-state index in [2.05, 4.69) is 16.0 Å². The van der Waals surface area contributed by atoms with Crippen LogP contribution in [-0.4, -0.2) is 9.72 Å². The molecule has 9 heavy (non-hydrogen) atoms. The highest BCUT2D eigenvalue weighted by Crippen LogP contribution is 1.80. The van der Waals surface area contributed by atoms with Gasteiger partial charge in [-0.15, -0.1) is 0 Å². The van der Waals surface area contributed by atoms with Crippen LogP contribution in [0.25, 0.3) is 0 Å². The molecule has 0 N–H and O–H groups in total. The summed E-state index contributed by atoms with van der Waals surface area (Å²) in [6, 6.07) is 0. The van der Waals surface area contributed by atoms with Gasteiger partial charge in [0.15, 0.2) is 0 Å². The van der Waals surface area contributed by atoms with Crippen molar-refractivity contribution in [3.8, 4) is 0 Å². The summed E-state index contributed by atoms with van der Waals surface area (Å²) in [5.41, 5.74) is 0. The van der Waals surface area contributed by atoms with Crippen LogP contribution in [0.3, 0.4) is 0 Å². The van der Waals surface area contributed by atoms with E-state index in [4.69, 9.17) is 0 Å². The maximum Gasteiger partial charge on any atom is 0.441 e. The first-order valence-corrected chi connectivity index (χ1v) is 2.78. The predicted octanol–water partition coefficient (Wildman–Crippen LogP) is 0.0465. The topological polar surface area (TPSA) is 48.0 Å². The smallest absolute Gasteiger partial charge is 0.295 e. The molecule has 0 saturated heterocycles. The lowest BCUT2D eigenvalue weighted by Gasteiger charge is -1.88. The number of aryl methyl sites for hydroxylation is 1. The van der Waals surface area contributed by atoms with Crippen LogP contribution >= 0.6 is 0 Å². The molecule has 0 atom stereocenters. The molecule has 1 rings (SSSR count). The molecule has 0 bridgehead atoms. The summed E-state index contributed by atoms with van der Waals surface area (Å²) in [4.78, 5) is 10.5. The summed E-state index contributed by atoms with van der Waals surface area (Å²) >= 11 is 0. The van der Waals surface area contributed by atoms with Gasteiger partial charge in [-0.05, 0) is 6.42 Å². The van der Waals surface area contributed by atoms with Crippen LogP contribution in [0.1, 0.15) is 13.3 Å². The van der Waals surface area contributed by atoms with Gasteiger partial charge in [-0.1, -0.05) is 12.1 Å². The zero-order valence-electron chi connectivity index (χ0n) is 5.13. The minimum absolute atomic E-state index is 0.433. The second-order valence-corrected chi connectivity index (χ2v) is 1.70. The van der Waals surface area contributed by atoms with Gasteiger partial charge in [0.25, 0.3) is 0 Å². The average Bonchev–Trinajstić information content (AvgIpc) is 2.18. The van der Waals surface area contributed by atoms with Gasteiger partial charge in [-0.25, -0.2) is 4.79 Å². The summed E-state index contributed by atoms with van der Waals surface area (Å²) in [7, 11) is 0. The number of hydrogen-bond acceptors (Lipinski definition) is 3. The SMILES string of the molecule is CCCn1[c]noc1=O. The molecule has 0 aromatic carbocycles. The molecule has 0 aliphatic carbocycles. The molecule has 4 heteroatoms. The Hall–Kier alpha value is -1.06. The number of nitrogens with zero attached hydrogens (tertiary/aromatic N) is 2. The van der Waals surface area contributed by atoms with Crippen molar-refractivity contribution in [3.05, 3.63) is 16.9 Å². The Labute approximate surface area is 52.1 Å². The molecule has 0 spiro atoms. The molecule has 1 heterocycles. The van der Waals surface area contributed by atoms with Gasteiger partial charge in [-0.3, -0.25) is 9.09 Å². The van der Waals surface area contributed by atoms with Gasteiger partial charge in [0.1, 0.15) is 0 Å². The van der Waals surface area contributed by atoms with Crippen LogP contribution in [0.15, 0.2) is 9.32 Å². The van der Waals surface area contributed by atoms with Crippen molar-refractivity contribution in [1.82, 2.24) is 9.72 Å². The molecular weight excluding hydrogens is 120 g/mol. The number of aromatic nitrogens is 2. The quantitative estimate of drug-likeness (QED) is 0.563. The summed E-state index contributed by atoms with van der Waals surface area (Å²) in [5, 5.41) is 3.19. The second-order valence-electron chi connectivity index (χ2n) is 1.70. The Bertz CT molecular complexity index is 225. The minimum Gasteiger partial charge on any atom is -0.295 e. The van der Waals surface area contributed by atoms with Crippen LogP contribution in [0, 0.1) is 6.33 Å². The summed E-state index contributed by atoms with van der Waals surface area (Å²) in [5.74, 6) is -0.433. The normalized spacial score (nSPS) is 9.89. The van der Waals surface area contributed by atoms with Crippen LogP contribution < -0.4 is 5.76 Å². The first-order chi connectivity index (χ1) is 4.34. The highest BCUT2D eigenvalue weighted by molar-refractivity contribution is 4.54. The lowest BCUT2D eigenvalue weighted by Crippen LogP contribution is -2.12. The fourth-order valence-corrected chi connectivity index (χ4v) is 0.564. The Morgan fingerprint density at radius 2 is 2.67 bits per heavy atom. The van der Waals surface area contributed by atoms with Crippen molar-refractivity contribution in [2.24, 2.45) is 0 Å². The largest absolute Gasteiger partial charge is 0.441 e. The van der Waals surface area contributed by atoms with Crippen molar-refractivity contribution in [2.75, 3.05) is 0 Å². The summed E-state index contributed by atoms with van der Waals surface area (Å²) < 4.78 is 5.52. The fraction of sp³-hybridized carbons (Fsp3) is 0.600. The van der Waals surface area contributed by atoms with E-state index in [1.54, 1.807) is 0 Å². The van der Waals surface area contributed by atoms with Crippen LogP contribution in [0.2, 0.25) is 0 Å². The lowest BCUT2D eigenvalue weighted by molar-refractivity contribution is 0.374. The van der Waals surface area contributed by atoms with Crippen LogP contribution in [0.4, 0.5) is 0 Å². The van der Waals surface area contributed by atoms with E-state index in [0.29, 0.717) is 6.54 Å². The van der Waals surface area contributed by atoms with Crippen molar-refractivity contribution < 1.29 is 4.52 Å². The molecule has 1 aromatic rings. The molecule has 0 fully saturated rings. The third-order valence-corrected chi connectivity index (χ3v) is 0.953.